The smallest absolute Gasteiger partial charge is 0.238 e. The summed E-state index contributed by atoms with van der Waals surface area (Å²) in [6, 6.07) is 10.0. The minimum atomic E-state index is -0.0236. The van der Waals surface area contributed by atoms with E-state index in [-0.39, 0.29) is 5.91 Å². The van der Waals surface area contributed by atoms with E-state index in [1.54, 1.807) is 0 Å². The van der Waals surface area contributed by atoms with Crippen LogP contribution >= 0.6 is 0 Å². The number of rotatable bonds is 5. The Morgan fingerprint density at radius 1 is 1.12 bits per heavy atom. The highest BCUT2D eigenvalue weighted by Crippen LogP contribution is 2.34. The SMILES string of the molecule is Cc1cc(C)c(NC(=O)CN(C)Cc2cccc3c2OCCO3)c(C)c1. The fraction of sp³-hybridized carbons (Fsp3) is 0.381. The van der Waals surface area contributed by atoms with Gasteiger partial charge in [0.2, 0.25) is 5.91 Å². The van der Waals surface area contributed by atoms with Crippen LogP contribution in [-0.2, 0) is 11.3 Å². The van der Waals surface area contributed by atoms with Gasteiger partial charge in [0.25, 0.3) is 0 Å². The van der Waals surface area contributed by atoms with Gasteiger partial charge in [-0.25, -0.2) is 0 Å². The van der Waals surface area contributed by atoms with E-state index in [0.717, 1.165) is 33.9 Å². The third-order valence-electron chi connectivity index (χ3n) is 4.44. The topological polar surface area (TPSA) is 50.8 Å². The van der Waals surface area contributed by atoms with Crippen molar-refractivity contribution in [2.75, 3.05) is 32.1 Å². The monoisotopic (exact) mass is 354 g/mol. The molecule has 5 heteroatoms. The van der Waals surface area contributed by atoms with Crippen molar-refractivity contribution in [2.24, 2.45) is 0 Å². The Labute approximate surface area is 154 Å². The van der Waals surface area contributed by atoms with Gasteiger partial charge in [-0.2, -0.15) is 0 Å². The Hall–Kier alpha value is -2.53. The van der Waals surface area contributed by atoms with Gasteiger partial charge in [0.15, 0.2) is 11.5 Å². The fourth-order valence-electron chi connectivity index (χ4n) is 3.41. The van der Waals surface area contributed by atoms with Crippen LogP contribution in [-0.4, -0.2) is 37.6 Å². The number of amides is 1. The molecule has 3 rings (SSSR count). The lowest BCUT2D eigenvalue weighted by molar-refractivity contribution is -0.117. The number of fused-ring (bicyclic) bond motifs is 1. The molecule has 0 saturated heterocycles. The molecule has 1 aliphatic heterocycles. The maximum atomic E-state index is 12.5. The molecule has 0 spiro atoms. The van der Waals surface area contributed by atoms with Crippen molar-refractivity contribution in [1.29, 1.82) is 0 Å². The Balaban J connectivity index is 1.64. The van der Waals surface area contributed by atoms with Crippen LogP contribution in [0.25, 0.3) is 0 Å². The largest absolute Gasteiger partial charge is 0.486 e. The number of hydrogen-bond acceptors (Lipinski definition) is 4. The summed E-state index contributed by atoms with van der Waals surface area (Å²) in [5.41, 5.74) is 5.30. The highest BCUT2D eigenvalue weighted by atomic mass is 16.6. The van der Waals surface area contributed by atoms with Gasteiger partial charge in [-0.1, -0.05) is 29.8 Å². The predicted octanol–water partition coefficient (Wildman–Crippen LogP) is 3.45. The summed E-state index contributed by atoms with van der Waals surface area (Å²) in [5.74, 6) is 1.54. The lowest BCUT2D eigenvalue weighted by atomic mass is 10.1. The zero-order valence-corrected chi connectivity index (χ0v) is 15.9. The van der Waals surface area contributed by atoms with E-state index in [0.29, 0.717) is 26.3 Å². The van der Waals surface area contributed by atoms with Crippen LogP contribution in [0.1, 0.15) is 22.3 Å². The maximum absolute atomic E-state index is 12.5. The van der Waals surface area contributed by atoms with Gasteiger partial charge in [0.1, 0.15) is 13.2 Å². The van der Waals surface area contributed by atoms with Gasteiger partial charge < -0.3 is 14.8 Å². The van der Waals surface area contributed by atoms with Crippen molar-refractivity contribution in [3.63, 3.8) is 0 Å². The van der Waals surface area contributed by atoms with Crippen LogP contribution in [0.5, 0.6) is 11.5 Å². The standard InChI is InChI=1S/C21H26N2O3/c1-14-10-15(2)20(16(3)11-14)22-19(24)13-23(4)12-17-6-5-7-18-21(17)26-9-8-25-18/h5-7,10-11H,8-9,12-13H2,1-4H3,(H,22,24). The van der Waals surface area contributed by atoms with E-state index in [1.165, 1.54) is 5.56 Å². The number of nitrogens with one attached hydrogen (secondary N) is 1. The zero-order valence-electron chi connectivity index (χ0n) is 15.9. The van der Waals surface area contributed by atoms with Crippen LogP contribution in [0, 0.1) is 20.8 Å². The molecule has 2 aromatic rings. The molecule has 0 aromatic heterocycles. The number of hydrogen-bond donors (Lipinski definition) is 1. The minimum Gasteiger partial charge on any atom is -0.486 e. The van der Waals surface area contributed by atoms with Crippen LogP contribution in [0.15, 0.2) is 30.3 Å². The molecule has 0 unspecified atom stereocenters. The summed E-state index contributed by atoms with van der Waals surface area (Å²) in [5, 5.41) is 3.05. The number of ether oxygens (including phenoxy) is 2. The van der Waals surface area contributed by atoms with E-state index in [1.807, 2.05) is 44.0 Å². The van der Waals surface area contributed by atoms with Gasteiger partial charge >= 0.3 is 0 Å². The summed E-state index contributed by atoms with van der Waals surface area (Å²) in [6.07, 6.45) is 0. The van der Waals surface area contributed by atoms with Gasteiger partial charge in [-0.05, 0) is 45.0 Å². The Kier molecular flexibility index (Phi) is 5.47. The zero-order chi connectivity index (χ0) is 18.7. The average Bonchev–Trinajstić information content (AvgIpc) is 2.58. The van der Waals surface area contributed by atoms with Crippen LogP contribution in [0.2, 0.25) is 0 Å². The van der Waals surface area contributed by atoms with Crippen LogP contribution < -0.4 is 14.8 Å². The number of anilines is 1. The van der Waals surface area contributed by atoms with Crippen molar-refractivity contribution in [1.82, 2.24) is 4.90 Å². The first-order valence-corrected chi connectivity index (χ1v) is 8.88. The van der Waals surface area contributed by atoms with Crippen molar-refractivity contribution in [3.8, 4) is 11.5 Å². The van der Waals surface area contributed by atoms with Crippen LogP contribution in [0.3, 0.4) is 0 Å². The first-order chi connectivity index (χ1) is 12.4. The number of carbonyl (C=O) groups excluding carboxylic acids is 1. The summed E-state index contributed by atoms with van der Waals surface area (Å²) in [7, 11) is 1.93. The van der Waals surface area contributed by atoms with Crippen molar-refractivity contribution in [2.45, 2.75) is 27.3 Å². The summed E-state index contributed by atoms with van der Waals surface area (Å²) in [4.78, 5) is 14.5. The minimum absolute atomic E-state index is 0.0236. The van der Waals surface area contributed by atoms with Crippen LogP contribution in [0.4, 0.5) is 5.69 Å². The van der Waals surface area contributed by atoms with Crippen molar-refractivity contribution >= 4 is 11.6 Å². The Morgan fingerprint density at radius 3 is 2.54 bits per heavy atom. The second kappa shape index (κ2) is 7.79. The molecule has 1 N–H and O–H groups in total. The van der Waals surface area contributed by atoms with E-state index >= 15 is 0 Å². The van der Waals surface area contributed by atoms with Crippen molar-refractivity contribution in [3.05, 3.63) is 52.6 Å². The molecule has 1 aliphatic rings. The Morgan fingerprint density at radius 2 is 1.81 bits per heavy atom. The maximum Gasteiger partial charge on any atom is 0.238 e. The molecular weight excluding hydrogens is 328 g/mol. The van der Waals surface area contributed by atoms with Gasteiger partial charge in [0.05, 0.1) is 6.54 Å². The molecule has 0 aliphatic carbocycles. The first-order valence-electron chi connectivity index (χ1n) is 8.88. The third-order valence-corrected chi connectivity index (χ3v) is 4.44. The lowest BCUT2D eigenvalue weighted by Gasteiger charge is -2.23. The molecule has 5 nitrogen and oxygen atoms in total. The second-order valence-electron chi connectivity index (χ2n) is 6.94. The molecule has 138 valence electrons. The number of carbonyl (C=O) groups is 1. The van der Waals surface area contributed by atoms with Gasteiger partial charge in [0, 0.05) is 17.8 Å². The second-order valence-corrected chi connectivity index (χ2v) is 6.94. The quantitative estimate of drug-likeness (QED) is 0.893. The first kappa shape index (κ1) is 18.3. The van der Waals surface area contributed by atoms with Gasteiger partial charge in [-0.15, -0.1) is 0 Å². The summed E-state index contributed by atoms with van der Waals surface area (Å²) >= 11 is 0. The molecule has 2 aromatic carbocycles. The predicted molar refractivity (Wildman–Crippen MR) is 103 cm³/mol. The highest BCUT2D eigenvalue weighted by Gasteiger charge is 2.17. The Bertz CT molecular complexity index is 794. The molecule has 1 heterocycles. The number of para-hydroxylation sites is 1. The van der Waals surface area contributed by atoms with Gasteiger partial charge in [-0.3, -0.25) is 9.69 Å². The molecule has 0 atom stereocenters. The third kappa shape index (κ3) is 4.17. The fourth-order valence-corrected chi connectivity index (χ4v) is 3.41. The normalized spacial score (nSPS) is 13.0. The number of benzene rings is 2. The molecule has 0 saturated carbocycles. The number of nitrogens with zero attached hydrogens (tertiary/aromatic N) is 1. The van der Waals surface area contributed by atoms with E-state index in [2.05, 4.69) is 24.4 Å². The molecule has 26 heavy (non-hydrogen) atoms. The molecular formula is C21H26N2O3. The number of likely N-dealkylation sites (N-methyl/N-ethyl adjacent to an activating group) is 1. The summed E-state index contributed by atoms with van der Waals surface area (Å²) in [6.45, 7) is 8.15. The molecule has 0 fully saturated rings. The molecule has 0 bridgehead atoms. The summed E-state index contributed by atoms with van der Waals surface area (Å²) < 4.78 is 11.4. The van der Waals surface area contributed by atoms with E-state index < -0.39 is 0 Å². The number of aryl methyl sites for hydroxylation is 3. The van der Waals surface area contributed by atoms with E-state index in [4.69, 9.17) is 9.47 Å². The lowest BCUT2D eigenvalue weighted by Crippen LogP contribution is -2.30. The highest BCUT2D eigenvalue weighted by molar-refractivity contribution is 5.93. The average molecular weight is 354 g/mol. The van der Waals surface area contributed by atoms with E-state index in [9.17, 15) is 4.79 Å². The van der Waals surface area contributed by atoms with Crippen molar-refractivity contribution < 1.29 is 14.3 Å². The molecule has 1 amide bonds. The molecule has 0 radical (unpaired) electrons.